The van der Waals surface area contributed by atoms with Crippen molar-refractivity contribution in [2.45, 2.75) is 25.8 Å². The highest BCUT2D eigenvalue weighted by Crippen LogP contribution is 2.32. The number of fused-ring (bicyclic) bond motifs is 1. The molecule has 2 rings (SSSR count). The fourth-order valence-corrected chi connectivity index (χ4v) is 2.60. The molecule has 82 valence electrons. The Hall–Kier alpha value is -0.860. The van der Waals surface area contributed by atoms with Crippen LogP contribution in [0.25, 0.3) is 0 Å². The van der Waals surface area contributed by atoms with E-state index in [0.29, 0.717) is 0 Å². The van der Waals surface area contributed by atoms with Crippen LogP contribution in [-0.2, 0) is 12.0 Å². The van der Waals surface area contributed by atoms with Gasteiger partial charge in [-0.05, 0) is 11.1 Å². The normalized spacial score (nSPS) is 19.9. The van der Waals surface area contributed by atoms with Gasteiger partial charge in [0.15, 0.2) is 0 Å². The van der Waals surface area contributed by atoms with E-state index in [1.807, 2.05) is 0 Å². The van der Waals surface area contributed by atoms with Crippen molar-refractivity contribution in [3.05, 3.63) is 35.4 Å². The van der Waals surface area contributed by atoms with Crippen LogP contribution >= 0.6 is 0 Å². The van der Waals surface area contributed by atoms with Crippen LogP contribution in [0.5, 0.6) is 0 Å². The summed E-state index contributed by atoms with van der Waals surface area (Å²) in [5.41, 5.74) is 8.84. The zero-order valence-corrected chi connectivity index (χ0v) is 9.66. The van der Waals surface area contributed by atoms with E-state index < -0.39 is 0 Å². The van der Waals surface area contributed by atoms with Crippen molar-refractivity contribution in [1.82, 2.24) is 4.90 Å². The summed E-state index contributed by atoms with van der Waals surface area (Å²) >= 11 is 0. The van der Waals surface area contributed by atoms with E-state index in [1.54, 1.807) is 0 Å². The van der Waals surface area contributed by atoms with Gasteiger partial charge in [-0.2, -0.15) is 0 Å². The number of hydrogen-bond donors (Lipinski definition) is 1. The highest BCUT2D eigenvalue weighted by molar-refractivity contribution is 5.35. The molecular formula is C13H20N2. The lowest BCUT2D eigenvalue weighted by Gasteiger charge is -2.39. The predicted octanol–water partition coefficient (Wildman–Crippen LogP) is 1.74. The molecule has 0 aromatic heterocycles. The molecule has 1 aromatic rings. The van der Waals surface area contributed by atoms with Gasteiger partial charge in [0.1, 0.15) is 0 Å². The van der Waals surface area contributed by atoms with Crippen LogP contribution in [0.2, 0.25) is 0 Å². The summed E-state index contributed by atoms with van der Waals surface area (Å²) < 4.78 is 0. The number of hydrogen-bond acceptors (Lipinski definition) is 2. The Balaban J connectivity index is 2.31. The molecule has 0 saturated carbocycles. The maximum atomic E-state index is 5.63. The molecule has 0 fully saturated rings. The first kappa shape index (κ1) is 10.7. The average Bonchev–Trinajstić information content (AvgIpc) is 2.17. The lowest BCUT2D eigenvalue weighted by Crippen LogP contribution is -2.43. The molecule has 0 spiro atoms. The van der Waals surface area contributed by atoms with Crippen LogP contribution in [0.3, 0.4) is 0 Å². The molecule has 15 heavy (non-hydrogen) atoms. The summed E-state index contributed by atoms with van der Waals surface area (Å²) in [6.45, 7) is 8.54. The molecule has 2 heteroatoms. The number of benzene rings is 1. The van der Waals surface area contributed by atoms with Gasteiger partial charge in [0.25, 0.3) is 0 Å². The molecule has 1 aromatic carbocycles. The second-order valence-electron chi connectivity index (χ2n) is 5.04. The molecule has 0 amide bonds. The molecule has 0 saturated heterocycles. The standard InChI is InChI=1S/C13H20N2/c1-13(2)10-15(8-7-14)9-11-5-3-4-6-12(11)13/h3-6H,7-10,14H2,1-2H3. The second kappa shape index (κ2) is 3.95. The van der Waals surface area contributed by atoms with Crippen molar-refractivity contribution in [2.75, 3.05) is 19.6 Å². The molecule has 0 bridgehead atoms. The first-order chi connectivity index (χ1) is 7.13. The van der Waals surface area contributed by atoms with Crippen LogP contribution in [-0.4, -0.2) is 24.5 Å². The molecule has 0 atom stereocenters. The summed E-state index contributed by atoms with van der Waals surface area (Å²) in [5, 5.41) is 0. The summed E-state index contributed by atoms with van der Waals surface area (Å²) in [5.74, 6) is 0. The highest BCUT2D eigenvalue weighted by atomic mass is 15.1. The smallest absolute Gasteiger partial charge is 0.0237 e. The molecule has 2 N–H and O–H groups in total. The number of rotatable bonds is 2. The van der Waals surface area contributed by atoms with E-state index in [4.69, 9.17) is 5.73 Å². The second-order valence-corrected chi connectivity index (χ2v) is 5.04. The van der Waals surface area contributed by atoms with Gasteiger partial charge in [-0.25, -0.2) is 0 Å². The largest absolute Gasteiger partial charge is 0.329 e. The van der Waals surface area contributed by atoms with E-state index in [0.717, 1.165) is 26.2 Å². The molecule has 1 heterocycles. The van der Waals surface area contributed by atoms with Gasteiger partial charge in [0.05, 0.1) is 0 Å². The third kappa shape index (κ3) is 2.06. The van der Waals surface area contributed by atoms with E-state index >= 15 is 0 Å². The van der Waals surface area contributed by atoms with Crippen LogP contribution in [0, 0.1) is 0 Å². The van der Waals surface area contributed by atoms with Crippen molar-refractivity contribution in [1.29, 1.82) is 0 Å². The Morgan fingerprint density at radius 2 is 2.07 bits per heavy atom. The Labute approximate surface area is 92.1 Å². The Kier molecular flexibility index (Phi) is 2.81. The summed E-state index contributed by atoms with van der Waals surface area (Å²) in [6, 6.07) is 8.76. The van der Waals surface area contributed by atoms with Crippen molar-refractivity contribution in [3.8, 4) is 0 Å². The van der Waals surface area contributed by atoms with E-state index in [-0.39, 0.29) is 5.41 Å². The van der Waals surface area contributed by atoms with E-state index in [2.05, 4.69) is 43.0 Å². The van der Waals surface area contributed by atoms with Crippen LogP contribution in [0.4, 0.5) is 0 Å². The van der Waals surface area contributed by atoms with Gasteiger partial charge < -0.3 is 5.73 Å². The van der Waals surface area contributed by atoms with Gasteiger partial charge in [-0.3, -0.25) is 4.90 Å². The lowest BCUT2D eigenvalue weighted by atomic mass is 9.78. The predicted molar refractivity (Wildman–Crippen MR) is 63.8 cm³/mol. The topological polar surface area (TPSA) is 29.3 Å². The van der Waals surface area contributed by atoms with Crippen molar-refractivity contribution < 1.29 is 0 Å². The van der Waals surface area contributed by atoms with Crippen molar-refractivity contribution in [3.63, 3.8) is 0 Å². The van der Waals surface area contributed by atoms with Crippen molar-refractivity contribution in [2.24, 2.45) is 5.73 Å². The van der Waals surface area contributed by atoms with Crippen LogP contribution in [0.15, 0.2) is 24.3 Å². The van der Waals surface area contributed by atoms with E-state index in [9.17, 15) is 0 Å². The monoisotopic (exact) mass is 204 g/mol. The first-order valence-corrected chi connectivity index (χ1v) is 5.64. The Bertz CT molecular complexity index is 344. The minimum absolute atomic E-state index is 0.254. The maximum absolute atomic E-state index is 5.63. The third-order valence-electron chi connectivity index (χ3n) is 3.20. The van der Waals surface area contributed by atoms with Gasteiger partial charge in [0, 0.05) is 31.6 Å². The Morgan fingerprint density at radius 1 is 1.33 bits per heavy atom. The zero-order valence-electron chi connectivity index (χ0n) is 9.66. The van der Waals surface area contributed by atoms with Gasteiger partial charge in [0.2, 0.25) is 0 Å². The fraction of sp³-hybridized carbons (Fsp3) is 0.538. The van der Waals surface area contributed by atoms with Gasteiger partial charge in [-0.1, -0.05) is 38.1 Å². The van der Waals surface area contributed by atoms with Gasteiger partial charge in [-0.15, -0.1) is 0 Å². The minimum atomic E-state index is 0.254. The summed E-state index contributed by atoms with van der Waals surface area (Å²) in [6.07, 6.45) is 0. The summed E-state index contributed by atoms with van der Waals surface area (Å²) in [4.78, 5) is 2.45. The quantitative estimate of drug-likeness (QED) is 0.795. The number of nitrogens with two attached hydrogens (primary N) is 1. The third-order valence-corrected chi connectivity index (χ3v) is 3.20. The molecule has 0 unspecified atom stereocenters. The minimum Gasteiger partial charge on any atom is -0.329 e. The SMILES string of the molecule is CC1(C)CN(CCN)Cc2ccccc21. The fourth-order valence-electron chi connectivity index (χ4n) is 2.60. The van der Waals surface area contributed by atoms with E-state index in [1.165, 1.54) is 11.1 Å². The van der Waals surface area contributed by atoms with Crippen molar-refractivity contribution >= 4 is 0 Å². The lowest BCUT2D eigenvalue weighted by molar-refractivity contribution is 0.199. The van der Waals surface area contributed by atoms with Crippen LogP contribution in [0.1, 0.15) is 25.0 Å². The molecular weight excluding hydrogens is 184 g/mol. The Morgan fingerprint density at radius 3 is 2.80 bits per heavy atom. The molecule has 1 aliphatic heterocycles. The average molecular weight is 204 g/mol. The molecule has 1 aliphatic rings. The number of nitrogens with zero attached hydrogens (tertiary/aromatic N) is 1. The molecule has 0 aliphatic carbocycles. The summed E-state index contributed by atoms with van der Waals surface area (Å²) in [7, 11) is 0. The van der Waals surface area contributed by atoms with Gasteiger partial charge >= 0.3 is 0 Å². The highest BCUT2D eigenvalue weighted by Gasteiger charge is 2.30. The zero-order chi connectivity index (χ0) is 10.9. The molecule has 0 radical (unpaired) electrons. The van der Waals surface area contributed by atoms with Crippen LogP contribution < -0.4 is 5.73 Å². The molecule has 2 nitrogen and oxygen atoms in total. The first-order valence-electron chi connectivity index (χ1n) is 5.64. The maximum Gasteiger partial charge on any atom is 0.0237 e.